The van der Waals surface area contributed by atoms with Gasteiger partial charge in [-0.25, -0.2) is 10.4 Å². The Balaban J connectivity index is 2.01. The minimum Gasteiger partial charge on any atom is -0.345 e. The van der Waals surface area contributed by atoms with E-state index in [1.54, 1.807) is 5.01 Å². The summed E-state index contributed by atoms with van der Waals surface area (Å²) < 4.78 is 6.12. The molecule has 0 spiro atoms. The van der Waals surface area contributed by atoms with E-state index in [1.165, 1.54) is 0 Å². The van der Waals surface area contributed by atoms with E-state index < -0.39 is 5.72 Å². The van der Waals surface area contributed by atoms with Crippen LogP contribution in [0.1, 0.15) is 21.5 Å². The van der Waals surface area contributed by atoms with Gasteiger partial charge in [-0.15, -0.1) is 0 Å². The zero-order valence-electron chi connectivity index (χ0n) is 10.9. The molecule has 0 aromatic heterocycles. The quantitative estimate of drug-likeness (QED) is 0.857. The number of amides is 1. The standard InChI is InChI=1S/C16H14N2O2/c19-15-13-8-4-5-9-14(13)16(12-6-2-1-3-7-12)18(15)17-10-11-20-16/h1-9,17H,10-11H2. The number of benzene rings is 2. The number of nitrogens with one attached hydrogen (secondary N) is 1. The number of hydrogen-bond donors (Lipinski definition) is 1. The van der Waals surface area contributed by atoms with Crippen molar-refractivity contribution in [1.82, 2.24) is 10.4 Å². The summed E-state index contributed by atoms with van der Waals surface area (Å²) in [5.74, 6) is -0.0378. The molecule has 2 aliphatic rings. The lowest BCUT2D eigenvalue weighted by Gasteiger charge is -2.42. The Kier molecular flexibility index (Phi) is 2.42. The van der Waals surface area contributed by atoms with Crippen LogP contribution in [0.3, 0.4) is 0 Å². The molecule has 4 nitrogen and oxygen atoms in total. The normalized spacial score (nSPS) is 24.4. The van der Waals surface area contributed by atoms with Gasteiger partial charge in [-0.05, 0) is 6.07 Å². The highest BCUT2D eigenvalue weighted by atomic mass is 16.5. The fourth-order valence-electron chi connectivity index (χ4n) is 3.06. The van der Waals surface area contributed by atoms with Crippen LogP contribution < -0.4 is 5.43 Å². The van der Waals surface area contributed by atoms with E-state index in [2.05, 4.69) is 5.43 Å². The Hall–Kier alpha value is -2.17. The Morgan fingerprint density at radius 3 is 2.65 bits per heavy atom. The van der Waals surface area contributed by atoms with Crippen molar-refractivity contribution in [2.75, 3.05) is 13.2 Å². The summed E-state index contributed by atoms with van der Waals surface area (Å²) in [7, 11) is 0. The average Bonchev–Trinajstić information content (AvgIpc) is 2.80. The molecule has 20 heavy (non-hydrogen) atoms. The molecule has 0 saturated carbocycles. The fourth-order valence-corrected chi connectivity index (χ4v) is 3.06. The second kappa shape index (κ2) is 4.16. The summed E-state index contributed by atoms with van der Waals surface area (Å²) in [5, 5.41) is 1.62. The molecule has 0 aliphatic carbocycles. The van der Waals surface area contributed by atoms with Crippen molar-refractivity contribution >= 4 is 5.91 Å². The molecular weight excluding hydrogens is 252 g/mol. The minimum absolute atomic E-state index is 0.0378. The number of hydrogen-bond acceptors (Lipinski definition) is 3. The molecule has 1 unspecified atom stereocenters. The zero-order valence-corrected chi connectivity index (χ0v) is 10.9. The summed E-state index contributed by atoms with van der Waals surface area (Å²) in [6.45, 7) is 1.20. The number of rotatable bonds is 1. The van der Waals surface area contributed by atoms with E-state index in [4.69, 9.17) is 4.74 Å². The number of carbonyl (C=O) groups excluding carboxylic acids is 1. The highest BCUT2D eigenvalue weighted by Crippen LogP contribution is 2.44. The summed E-state index contributed by atoms with van der Waals surface area (Å²) in [4.78, 5) is 12.6. The average molecular weight is 266 g/mol. The number of nitrogens with zero attached hydrogens (tertiary/aromatic N) is 1. The molecule has 1 fully saturated rings. The Morgan fingerprint density at radius 2 is 1.80 bits per heavy atom. The molecular formula is C16H14N2O2. The smallest absolute Gasteiger partial charge is 0.271 e. The van der Waals surface area contributed by atoms with Crippen LogP contribution in [0.2, 0.25) is 0 Å². The van der Waals surface area contributed by atoms with Gasteiger partial charge in [-0.1, -0.05) is 48.5 Å². The SMILES string of the molecule is O=C1c2ccccc2C2(c3ccccc3)OCCNN12. The van der Waals surface area contributed by atoms with Gasteiger partial charge in [0.2, 0.25) is 5.72 Å². The fraction of sp³-hybridized carbons (Fsp3) is 0.188. The van der Waals surface area contributed by atoms with Gasteiger partial charge in [0.15, 0.2) is 0 Å². The lowest BCUT2D eigenvalue weighted by atomic mass is 9.94. The van der Waals surface area contributed by atoms with Crippen LogP contribution in [0.15, 0.2) is 54.6 Å². The second-order valence-corrected chi connectivity index (χ2v) is 4.95. The van der Waals surface area contributed by atoms with E-state index in [9.17, 15) is 4.79 Å². The van der Waals surface area contributed by atoms with Gasteiger partial charge >= 0.3 is 0 Å². The molecule has 1 N–H and O–H groups in total. The van der Waals surface area contributed by atoms with Crippen LogP contribution in [-0.4, -0.2) is 24.1 Å². The third kappa shape index (κ3) is 1.35. The van der Waals surface area contributed by atoms with Crippen molar-refractivity contribution < 1.29 is 9.53 Å². The summed E-state index contributed by atoms with van der Waals surface area (Å²) in [6, 6.07) is 17.5. The number of carbonyl (C=O) groups is 1. The van der Waals surface area contributed by atoms with Crippen LogP contribution in [0.5, 0.6) is 0 Å². The molecule has 1 amide bonds. The Labute approximate surface area is 116 Å². The molecule has 1 saturated heterocycles. The predicted molar refractivity (Wildman–Crippen MR) is 73.8 cm³/mol. The first kappa shape index (κ1) is 11.6. The summed E-state index contributed by atoms with van der Waals surface area (Å²) >= 11 is 0. The van der Waals surface area contributed by atoms with Crippen molar-refractivity contribution in [2.45, 2.75) is 5.72 Å². The zero-order chi connectivity index (χ0) is 13.6. The van der Waals surface area contributed by atoms with Crippen LogP contribution in [-0.2, 0) is 10.5 Å². The number of ether oxygens (including phenoxy) is 1. The van der Waals surface area contributed by atoms with Gasteiger partial charge < -0.3 is 4.74 Å². The summed E-state index contributed by atoms with van der Waals surface area (Å²) in [6.07, 6.45) is 0. The topological polar surface area (TPSA) is 41.6 Å². The number of hydrazine groups is 1. The molecule has 2 aromatic rings. The van der Waals surface area contributed by atoms with E-state index in [0.29, 0.717) is 18.7 Å². The van der Waals surface area contributed by atoms with E-state index >= 15 is 0 Å². The predicted octanol–water partition coefficient (Wildman–Crippen LogP) is 1.88. The third-order valence-electron chi connectivity index (χ3n) is 3.89. The third-order valence-corrected chi connectivity index (χ3v) is 3.89. The Morgan fingerprint density at radius 1 is 1.05 bits per heavy atom. The van der Waals surface area contributed by atoms with Crippen molar-refractivity contribution in [1.29, 1.82) is 0 Å². The van der Waals surface area contributed by atoms with Crippen LogP contribution in [0.4, 0.5) is 0 Å². The van der Waals surface area contributed by atoms with Gasteiger partial charge in [0, 0.05) is 23.2 Å². The maximum absolute atomic E-state index is 12.6. The van der Waals surface area contributed by atoms with E-state index in [-0.39, 0.29) is 5.91 Å². The highest BCUT2D eigenvalue weighted by Gasteiger charge is 2.53. The van der Waals surface area contributed by atoms with Crippen molar-refractivity contribution in [3.8, 4) is 0 Å². The van der Waals surface area contributed by atoms with Crippen LogP contribution in [0, 0.1) is 0 Å². The molecule has 2 aromatic carbocycles. The molecule has 2 aliphatic heterocycles. The monoisotopic (exact) mass is 266 g/mol. The molecule has 100 valence electrons. The van der Waals surface area contributed by atoms with Crippen molar-refractivity contribution in [3.05, 3.63) is 71.3 Å². The molecule has 2 heterocycles. The molecule has 4 rings (SSSR count). The Bertz CT molecular complexity index is 671. The second-order valence-electron chi connectivity index (χ2n) is 4.95. The van der Waals surface area contributed by atoms with Crippen molar-refractivity contribution in [3.63, 3.8) is 0 Å². The number of fused-ring (bicyclic) bond motifs is 3. The van der Waals surface area contributed by atoms with Gasteiger partial charge in [0.05, 0.1) is 6.61 Å². The molecule has 0 radical (unpaired) electrons. The lowest BCUT2D eigenvalue weighted by molar-refractivity contribution is -0.158. The van der Waals surface area contributed by atoms with Gasteiger partial charge in [-0.2, -0.15) is 0 Å². The first-order valence-corrected chi connectivity index (χ1v) is 6.71. The molecule has 4 heteroatoms. The molecule has 0 bridgehead atoms. The first-order chi connectivity index (χ1) is 9.84. The van der Waals surface area contributed by atoms with Crippen molar-refractivity contribution in [2.24, 2.45) is 0 Å². The van der Waals surface area contributed by atoms with Gasteiger partial charge in [-0.3, -0.25) is 4.79 Å². The maximum atomic E-state index is 12.6. The largest absolute Gasteiger partial charge is 0.345 e. The van der Waals surface area contributed by atoms with Gasteiger partial charge in [0.25, 0.3) is 5.91 Å². The first-order valence-electron chi connectivity index (χ1n) is 6.71. The highest BCUT2D eigenvalue weighted by molar-refractivity contribution is 6.00. The van der Waals surface area contributed by atoms with Crippen LogP contribution >= 0.6 is 0 Å². The minimum atomic E-state index is -0.840. The van der Waals surface area contributed by atoms with E-state index in [1.807, 2.05) is 54.6 Å². The molecule has 1 atom stereocenters. The summed E-state index contributed by atoms with van der Waals surface area (Å²) in [5.41, 5.74) is 4.90. The van der Waals surface area contributed by atoms with E-state index in [0.717, 1.165) is 11.1 Å². The van der Waals surface area contributed by atoms with Crippen LogP contribution in [0.25, 0.3) is 0 Å². The lowest BCUT2D eigenvalue weighted by Crippen LogP contribution is -2.59. The van der Waals surface area contributed by atoms with Gasteiger partial charge in [0.1, 0.15) is 0 Å². The maximum Gasteiger partial charge on any atom is 0.271 e.